The number of rotatable bonds is 3. The predicted octanol–water partition coefficient (Wildman–Crippen LogP) is 4.93. The van der Waals surface area contributed by atoms with Crippen LogP contribution in [0.15, 0.2) is 40.9 Å². The van der Waals surface area contributed by atoms with Crippen LogP contribution in [0.5, 0.6) is 0 Å². The number of furan rings is 1. The number of alkyl halides is 3. The minimum absolute atomic E-state index is 0.457. The summed E-state index contributed by atoms with van der Waals surface area (Å²) >= 11 is 0. The van der Waals surface area contributed by atoms with Crippen LogP contribution in [0.25, 0.3) is 11.4 Å². The zero-order valence-electron chi connectivity index (χ0n) is 15.7. The molecule has 4 rings (SSSR count). The maximum atomic E-state index is 12.7. The van der Waals surface area contributed by atoms with Crippen LogP contribution < -0.4 is 0 Å². The summed E-state index contributed by atoms with van der Waals surface area (Å²) in [6.07, 6.45) is -1.80. The molecular formula is C21H20F3N3O. The van der Waals surface area contributed by atoms with Crippen molar-refractivity contribution in [1.29, 1.82) is 0 Å². The van der Waals surface area contributed by atoms with Gasteiger partial charge in [0.25, 0.3) is 0 Å². The molecule has 0 N–H and O–H groups in total. The lowest BCUT2D eigenvalue weighted by atomic mass is 10.1. The fourth-order valence-electron chi connectivity index (χ4n) is 3.40. The first-order chi connectivity index (χ1) is 13.3. The number of hydrogen-bond acceptors (Lipinski definition) is 4. The Kier molecular flexibility index (Phi) is 4.71. The lowest BCUT2D eigenvalue weighted by Gasteiger charge is -2.27. The highest BCUT2D eigenvalue weighted by atomic mass is 19.4. The second kappa shape index (κ2) is 7.05. The summed E-state index contributed by atoms with van der Waals surface area (Å²) in [6.45, 7) is 6.29. The first-order valence-electron chi connectivity index (χ1n) is 9.10. The second-order valence-electron chi connectivity index (χ2n) is 7.15. The van der Waals surface area contributed by atoms with Crippen LogP contribution in [0.4, 0.5) is 13.2 Å². The minimum atomic E-state index is -4.34. The van der Waals surface area contributed by atoms with Gasteiger partial charge >= 0.3 is 6.18 Å². The van der Waals surface area contributed by atoms with Gasteiger partial charge in [-0.15, -0.1) is 0 Å². The minimum Gasteiger partial charge on any atom is -0.465 e. The molecule has 28 heavy (non-hydrogen) atoms. The molecule has 0 unspecified atom stereocenters. The smallest absolute Gasteiger partial charge is 0.416 e. The van der Waals surface area contributed by atoms with Gasteiger partial charge in [-0.2, -0.15) is 13.2 Å². The van der Waals surface area contributed by atoms with Gasteiger partial charge in [0.2, 0.25) is 0 Å². The largest absolute Gasteiger partial charge is 0.465 e. The van der Waals surface area contributed by atoms with Gasteiger partial charge in [-0.1, -0.05) is 12.1 Å². The highest BCUT2D eigenvalue weighted by Gasteiger charge is 2.30. The highest BCUT2D eigenvalue weighted by molar-refractivity contribution is 5.56. The normalized spacial score (nSPS) is 14.9. The van der Waals surface area contributed by atoms with Crippen molar-refractivity contribution in [3.63, 3.8) is 0 Å². The van der Waals surface area contributed by atoms with Gasteiger partial charge in [0.15, 0.2) is 5.82 Å². The molecule has 0 saturated carbocycles. The van der Waals surface area contributed by atoms with Gasteiger partial charge in [-0.05, 0) is 37.6 Å². The molecule has 4 nitrogen and oxygen atoms in total. The number of aromatic nitrogens is 2. The summed E-state index contributed by atoms with van der Waals surface area (Å²) in [5.74, 6) is 2.34. The summed E-state index contributed by atoms with van der Waals surface area (Å²) < 4.78 is 43.9. The topological polar surface area (TPSA) is 42.2 Å². The van der Waals surface area contributed by atoms with Crippen LogP contribution in [0.3, 0.4) is 0 Å². The van der Waals surface area contributed by atoms with E-state index in [-0.39, 0.29) is 0 Å². The summed E-state index contributed by atoms with van der Waals surface area (Å²) in [7, 11) is 0. The zero-order valence-corrected chi connectivity index (χ0v) is 15.7. The third-order valence-corrected chi connectivity index (χ3v) is 5.08. The average molecular weight is 387 g/mol. The Hall–Kier alpha value is -2.67. The molecule has 0 atom stereocenters. The number of hydrogen-bond donors (Lipinski definition) is 0. The third kappa shape index (κ3) is 3.80. The highest BCUT2D eigenvalue weighted by Crippen LogP contribution is 2.30. The standard InChI is InChI=1S/C21H20F3N3O/c1-13-9-18(28-14(13)2)12-27-8-7-19-16(11-27)10-25-20(26-19)15-3-5-17(6-4-15)21(22,23)24/h3-6,9-10H,7-8,11-12H2,1-2H3. The zero-order chi connectivity index (χ0) is 19.9. The van der Waals surface area contributed by atoms with E-state index < -0.39 is 11.7 Å². The van der Waals surface area contributed by atoms with Crippen molar-refractivity contribution in [3.05, 3.63) is 70.4 Å². The van der Waals surface area contributed by atoms with Gasteiger partial charge in [-0.25, -0.2) is 9.97 Å². The van der Waals surface area contributed by atoms with E-state index in [4.69, 9.17) is 4.42 Å². The Morgan fingerprint density at radius 1 is 1.14 bits per heavy atom. The van der Waals surface area contributed by atoms with E-state index in [9.17, 15) is 13.2 Å². The molecule has 7 heteroatoms. The van der Waals surface area contributed by atoms with Crippen LogP contribution in [0, 0.1) is 13.8 Å². The predicted molar refractivity (Wildman–Crippen MR) is 98.5 cm³/mol. The van der Waals surface area contributed by atoms with E-state index in [1.54, 1.807) is 6.20 Å². The molecular weight excluding hydrogens is 367 g/mol. The van der Waals surface area contributed by atoms with Crippen molar-refractivity contribution in [3.8, 4) is 11.4 Å². The molecule has 0 spiro atoms. The molecule has 3 heterocycles. The maximum Gasteiger partial charge on any atom is 0.416 e. The van der Waals surface area contributed by atoms with E-state index in [2.05, 4.69) is 20.9 Å². The Morgan fingerprint density at radius 2 is 1.89 bits per heavy atom. The van der Waals surface area contributed by atoms with Crippen molar-refractivity contribution in [1.82, 2.24) is 14.9 Å². The van der Waals surface area contributed by atoms with Crippen LogP contribution in [0.2, 0.25) is 0 Å². The van der Waals surface area contributed by atoms with Crippen LogP contribution >= 0.6 is 0 Å². The molecule has 146 valence electrons. The molecule has 0 amide bonds. The molecule has 3 aromatic rings. The van der Waals surface area contributed by atoms with Crippen molar-refractivity contribution >= 4 is 0 Å². The molecule has 0 radical (unpaired) electrons. The molecule has 0 aliphatic carbocycles. The van der Waals surface area contributed by atoms with Gasteiger partial charge < -0.3 is 4.42 Å². The van der Waals surface area contributed by atoms with E-state index in [1.165, 1.54) is 12.1 Å². The molecule has 2 aromatic heterocycles. The molecule has 1 aliphatic heterocycles. The van der Waals surface area contributed by atoms with Gasteiger partial charge in [0.05, 0.1) is 17.8 Å². The van der Waals surface area contributed by atoms with E-state index in [1.807, 2.05) is 13.8 Å². The Labute approximate surface area is 161 Å². The first-order valence-corrected chi connectivity index (χ1v) is 9.10. The van der Waals surface area contributed by atoms with E-state index in [0.717, 1.165) is 66.5 Å². The van der Waals surface area contributed by atoms with Gasteiger partial charge in [-0.3, -0.25) is 4.90 Å². The molecule has 1 aliphatic rings. The van der Waals surface area contributed by atoms with Crippen molar-refractivity contribution in [2.24, 2.45) is 0 Å². The van der Waals surface area contributed by atoms with E-state index in [0.29, 0.717) is 11.4 Å². The Bertz CT molecular complexity index is 974. The van der Waals surface area contributed by atoms with Gasteiger partial charge in [0.1, 0.15) is 11.5 Å². The number of fused-ring (bicyclic) bond motifs is 1. The summed E-state index contributed by atoms with van der Waals surface area (Å²) in [5.41, 5.74) is 3.06. The quantitative estimate of drug-likeness (QED) is 0.639. The fraction of sp³-hybridized carbons (Fsp3) is 0.333. The van der Waals surface area contributed by atoms with Crippen LogP contribution in [0.1, 0.15) is 33.9 Å². The van der Waals surface area contributed by atoms with Crippen molar-refractivity contribution < 1.29 is 17.6 Å². The molecule has 0 fully saturated rings. The Balaban J connectivity index is 1.49. The lowest BCUT2D eigenvalue weighted by Crippen LogP contribution is -2.30. The van der Waals surface area contributed by atoms with E-state index >= 15 is 0 Å². The number of aryl methyl sites for hydroxylation is 2. The summed E-state index contributed by atoms with van der Waals surface area (Å²) in [6, 6.07) is 7.03. The first kappa shape index (κ1) is 18.7. The summed E-state index contributed by atoms with van der Waals surface area (Å²) in [4.78, 5) is 11.2. The number of nitrogens with zero attached hydrogens (tertiary/aromatic N) is 3. The van der Waals surface area contributed by atoms with Crippen molar-refractivity contribution in [2.75, 3.05) is 6.54 Å². The summed E-state index contributed by atoms with van der Waals surface area (Å²) in [5, 5.41) is 0. The molecule has 0 saturated heterocycles. The molecule has 1 aromatic carbocycles. The monoisotopic (exact) mass is 387 g/mol. The molecule has 0 bridgehead atoms. The van der Waals surface area contributed by atoms with Crippen molar-refractivity contribution in [2.45, 2.75) is 39.5 Å². The fourth-order valence-corrected chi connectivity index (χ4v) is 3.40. The number of halogens is 3. The number of benzene rings is 1. The van der Waals surface area contributed by atoms with Crippen LogP contribution in [-0.2, 0) is 25.7 Å². The average Bonchev–Trinajstić information content (AvgIpc) is 2.98. The second-order valence-corrected chi connectivity index (χ2v) is 7.15. The maximum absolute atomic E-state index is 12.7. The van der Waals surface area contributed by atoms with Crippen LogP contribution in [-0.4, -0.2) is 21.4 Å². The lowest BCUT2D eigenvalue weighted by molar-refractivity contribution is -0.137. The third-order valence-electron chi connectivity index (χ3n) is 5.08. The SMILES string of the molecule is Cc1cc(CN2CCc3nc(-c4ccc(C(F)(F)F)cc4)ncc3C2)oc1C. The van der Waals surface area contributed by atoms with Gasteiger partial charge in [0, 0.05) is 36.8 Å². The Morgan fingerprint density at radius 3 is 2.54 bits per heavy atom.